The van der Waals surface area contributed by atoms with Crippen molar-refractivity contribution in [2.75, 3.05) is 13.1 Å². The predicted octanol–water partition coefficient (Wildman–Crippen LogP) is 1.20. The van der Waals surface area contributed by atoms with Crippen molar-refractivity contribution in [2.24, 2.45) is 0 Å². The third-order valence-electron chi connectivity index (χ3n) is 2.49. The molecule has 92 valence electrons. The fourth-order valence-electron chi connectivity index (χ4n) is 1.70. The van der Waals surface area contributed by atoms with Crippen LogP contribution < -0.4 is 5.32 Å². The monoisotopic (exact) mass is 225 g/mol. The average molecular weight is 225 g/mol. The van der Waals surface area contributed by atoms with Crippen molar-refractivity contribution in [1.82, 2.24) is 14.9 Å². The lowest BCUT2D eigenvalue weighted by molar-refractivity contribution is 0.168. The summed E-state index contributed by atoms with van der Waals surface area (Å²) >= 11 is 0. The van der Waals surface area contributed by atoms with Crippen LogP contribution in [0.15, 0.2) is 12.4 Å². The van der Waals surface area contributed by atoms with Gasteiger partial charge in [-0.25, -0.2) is 4.98 Å². The van der Waals surface area contributed by atoms with E-state index in [1.54, 1.807) is 6.20 Å². The second kappa shape index (κ2) is 7.41. The van der Waals surface area contributed by atoms with Gasteiger partial charge in [-0.05, 0) is 19.4 Å². The molecule has 0 aliphatic heterocycles. The van der Waals surface area contributed by atoms with Crippen LogP contribution in [0.2, 0.25) is 0 Å². The van der Waals surface area contributed by atoms with E-state index in [2.05, 4.69) is 28.7 Å². The predicted molar refractivity (Wildman–Crippen MR) is 65.4 cm³/mol. The summed E-state index contributed by atoms with van der Waals surface area (Å²) in [5.74, 6) is 0.979. The highest BCUT2D eigenvalue weighted by Gasteiger charge is 2.09. The van der Waals surface area contributed by atoms with Crippen LogP contribution in [0.4, 0.5) is 0 Å². The van der Waals surface area contributed by atoms with E-state index in [1.165, 1.54) is 0 Å². The molecule has 0 aliphatic rings. The molecule has 0 amide bonds. The Bertz CT molecular complexity index is 286. The van der Waals surface area contributed by atoms with Gasteiger partial charge >= 0.3 is 0 Å². The summed E-state index contributed by atoms with van der Waals surface area (Å²) in [6, 6.07) is 0. The van der Waals surface area contributed by atoms with E-state index in [-0.39, 0.29) is 6.10 Å². The topological polar surface area (TPSA) is 50.1 Å². The highest BCUT2D eigenvalue weighted by atomic mass is 16.3. The maximum absolute atomic E-state index is 9.82. The first-order valence-corrected chi connectivity index (χ1v) is 6.16. The van der Waals surface area contributed by atoms with E-state index in [0.29, 0.717) is 13.0 Å². The molecule has 4 nitrogen and oxygen atoms in total. The van der Waals surface area contributed by atoms with E-state index in [4.69, 9.17) is 0 Å². The van der Waals surface area contributed by atoms with Gasteiger partial charge in [0, 0.05) is 31.9 Å². The Morgan fingerprint density at radius 2 is 2.25 bits per heavy atom. The van der Waals surface area contributed by atoms with Crippen LogP contribution in [-0.2, 0) is 13.0 Å². The number of aliphatic hydroxyl groups is 1. The van der Waals surface area contributed by atoms with Crippen molar-refractivity contribution in [3.63, 3.8) is 0 Å². The van der Waals surface area contributed by atoms with E-state index >= 15 is 0 Å². The number of aliphatic hydroxyl groups excluding tert-OH is 1. The molecule has 0 aromatic carbocycles. The van der Waals surface area contributed by atoms with Crippen LogP contribution in [0.3, 0.4) is 0 Å². The quantitative estimate of drug-likeness (QED) is 0.654. The number of aryl methyl sites for hydroxylation is 1. The summed E-state index contributed by atoms with van der Waals surface area (Å²) in [4.78, 5) is 4.28. The SMILES string of the molecule is CCCNCC(O)Cc1nccn1CCC. The van der Waals surface area contributed by atoms with Gasteiger partial charge in [-0.15, -0.1) is 0 Å². The Balaban J connectivity index is 2.36. The molecule has 0 saturated carbocycles. The summed E-state index contributed by atoms with van der Waals surface area (Å²) < 4.78 is 2.11. The van der Waals surface area contributed by atoms with Crippen molar-refractivity contribution in [1.29, 1.82) is 0 Å². The number of aromatic nitrogens is 2. The normalized spacial score (nSPS) is 12.9. The van der Waals surface area contributed by atoms with Crippen molar-refractivity contribution in [2.45, 2.75) is 45.8 Å². The number of rotatable bonds is 8. The van der Waals surface area contributed by atoms with Gasteiger partial charge in [0.05, 0.1) is 6.10 Å². The summed E-state index contributed by atoms with van der Waals surface area (Å²) in [6.45, 7) is 6.84. The minimum Gasteiger partial charge on any atom is -0.391 e. The number of imidazole rings is 1. The van der Waals surface area contributed by atoms with Gasteiger partial charge in [0.25, 0.3) is 0 Å². The molecule has 0 aliphatic carbocycles. The lowest BCUT2D eigenvalue weighted by Gasteiger charge is -2.12. The Morgan fingerprint density at radius 3 is 2.94 bits per heavy atom. The lowest BCUT2D eigenvalue weighted by Crippen LogP contribution is -2.29. The molecule has 0 spiro atoms. The van der Waals surface area contributed by atoms with Crippen LogP contribution >= 0.6 is 0 Å². The van der Waals surface area contributed by atoms with Crippen LogP contribution in [-0.4, -0.2) is 33.9 Å². The van der Waals surface area contributed by atoms with Crippen molar-refractivity contribution in [3.05, 3.63) is 18.2 Å². The van der Waals surface area contributed by atoms with Gasteiger partial charge in [0.15, 0.2) is 0 Å². The summed E-state index contributed by atoms with van der Waals surface area (Å²) in [7, 11) is 0. The fraction of sp³-hybridized carbons (Fsp3) is 0.750. The largest absolute Gasteiger partial charge is 0.391 e. The minimum atomic E-state index is -0.343. The Kier molecular flexibility index (Phi) is 6.11. The molecule has 0 bridgehead atoms. The molecule has 1 aromatic rings. The summed E-state index contributed by atoms with van der Waals surface area (Å²) in [5.41, 5.74) is 0. The molecular weight excluding hydrogens is 202 g/mol. The first-order chi connectivity index (χ1) is 7.77. The van der Waals surface area contributed by atoms with Gasteiger partial charge in [-0.3, -0.25) is 0 Å². The molecule has 16 heavy (non-hydrogen) atoms. The minimum absolute atomic E-state index is 0.343. The molecule has 1 unspecified atom stereocenters. The zero-order chi connectivity index (χ0) is 11.8. The highest BCUT2D eigenvalue weighted by molar-refractivity contribution is 4.94. The Labute approximate surface area is 97.7 Å². The fourth-order valence-corrected chi connectivity index (χ4v) is 1.70. The van der Waals surface area contributed by atoms with E-state index in [0.717, 1.165) is 31.8 Å². The number of hydrogen-bond donors (Lipinski definition) is 2. The Hall–Kier alpha value is -0.870. The van der Waals surface area contributed by atoms with Gasteiger partial charge in [0.1, 0.15) is 5.82 Å². The second-order valence-electron chi connectivity index (χ2n) is 4.10. The van der Waals surface area contributed by atoms with E-state index in [1.807, 2.05) is 6.20 Å². The van der Waals surface area contributed by atoms with Gasteiger partial charge in [-0.2, -0.15) is 0 Å². The maximum atomic E-state index is 9.82. The first kappa shape index (κ1) is 13.2. The van der Waals surface area contributed by atoms with Gasteiger partial charge in [-0.1, -0.05) is 13.8 Å². The van der Waals surface area contributed by atoms with Crippen molar-refractivity contribution >= 4 is 0 Å². The lowest BCUT2D eigenvalue weighted by atomic mass is 10.2. The molecule has 0 fully saturated rings. The second-order valence-corrected chi connectivity index (χ2v) is 4.10. The van der Waals surface area contributed by atoms with E-state index in [9.17, 15) is 5.11 Å². The summed E-state index contributed by atoms with van der Waals surface area (Å²) in [5, 5.41) is 13.0. The molecular formula is C12H23N3O. The van der Waals surface area contributed by atoms with Crippen LogP contribution in [0, 0.1) is 0 Å². The molecule has 0 saturated heterocycles. The van der Waals surface area contributed by atoms with E-state index < -0.39 is 0 Å². The van der Waals surface area contributed by atoms with Gasteiger partial charge in [0.2, 0.25) is 0 Å². The third kappa shape index (κ3) is 4.33. The number of hydrogen-bond acceptors (Lipinski definition) is 3. The number of nitrogens with one attached hydrogen (secondary N) is 1. The zero-order valence-corrected chi connectivity index (χ0v) is 10.3. The molecule has 4 heteroatoms. The molecule has 1 heterocycles. The Morgan fingerprint density at radius 1 is 1.44 bits per heavy atom. The van der Waals surface area contributed by atoms with Crippen LogP contribution in [0.25, 0.3) is 0 Å². The number of nitrogens with zero attached hydrogens (tertiary/aromatic N) is 2. The van der Waals surface area contributed by atoms with Gasteiger partial charge < -0.3 is 15.0 Å². The van der Waals surface area contributed by atoms with Crippen LogP contribution in [0.5, 0.6) is 0 Å². The maximum Gasteiger partial charge on any atom is 0.111 e. The van der Waals surface area contributed by atoms with Crippen LogP contribution in [0.1, 0.15) is 32.5 Å². The molecule has 1 atom stereocenters. The molecule has 1 aromatic heterocycles. The van der Waals surface area contributed by atoms with Crippen molar-refractivity contribution < 1.29 is 5.11 Å². The smallest absolute Gasteiger partial charge is 0.111 e. The third-order valence-corrected chi connectivity index (χ3v) is 2.49. The summed E-state index contributed by atoms with van der Waals surface area (Å²) in [6.07, 6.45) is 6.25. The zero-order valence-electron chi connectivity index (χ0n) is 10.3. The molecule has 1 rings (SSSR count). The molecule has 0 radical (unpaired) electrons. The highest BCUT2D eigenvalue weighted by Crippen LogP contribution is 2.03. The average Bonchev–Trinajstić information content (AvgIpc) is 2.67. The first-order valence-electron chi connectivity index (χ1n) is 6.16. The standard InChI is InChI=1S/C12H23N3O/c1-3-5-13-10-11(16)9-12-14-6-8-15(12)7-4-2/h6,8,11,13,16H,3-5,7,9-10H2,1-2H3. The molecule has 2 N–H and O–H groups in total. The van der Waals surface area contributed by atoms with Crippen molar-refractivity contribution in [3.8, 4) is 0 Å².